The number of alkyl halides is 1. The highest BCUT2D eigenvalue weighted by Gasteiger charge is 2.51. The third-order valence-corrected chi connectivity index (χ3v) is 7.13. The number of nitrogens with zero attached hydrogens (tertiary/aromatic N) is 2. The topological polar surface area (TPSA) is 70.6 Å². The van der Waals surface area contributed by atoms with Crippen LogP contribution in [0.1, 0.15) is 46.0 Å². The smallest absolute Gasteiger partial charge is 0.437 e. The molecule has 162 valence electrons. The van der Waals surface area contributed by atoms with E-state index in [1.165, 1.54) is 0 Å². The number of rotatable bonds is 3. The van der Waals surface area contributed by atoms with Gasteiger partial charge in [-0.25, -0.2) is 9.37 Å². The van der Waals surface area contributed by atoms with E-state index in [-0.39, 0.29) is 23.8 Å². The van der Waals surface area contributed by atoms with Crippen molar-refractivity contribution < 1.29 is 18.7 Å². The van der Waals surface area contributed by atoms with Crippen LogP contribution in [0.3, 0.4) is 0 Å². The fourth-order valence-corrected chi connectivity index (χ4v) is 4.62. The van der Waals surface area contributed by atoms with Crippen molar-refractivity contribution in [2.45, 2.75) is 64.4 Å². The van der Waals surface area contributed by atoms with Gasteiger partial charge in [0, 0.05) is 18.4 Å². The zero-order valence-corrected chi connectivity index (χ0v) is 18.6. The fraction of sp³-hybridized carbons (Fsp3) is 0.500. The van der Waals surface area contributed by atoms with Gasteiger partial charge in [-0.3, -0.25) is 0 Å². The summed E-state index contributed by atoms with van der Waals surface area (Å²) in [5.74, 6) is 0.693. The summed E-state index contributed by atoms with van der Waals surface area (Å²) in [7, 11) is -1.14. The van der Waals surface area contributed by atoms with Gasteiger partial charge in [-0.1, -0.05) is 24.3 Å². The minimum absolute atomic E-state index is 0.220. The van der Waals surface area contributed by atoms with E-state index in [9.17, 15) is 9.41 Å². The van der Waals surface area contributed by atoms with Crippen molar-refractivity contribution in [3.63, 3.8) is 0 Å². The highest BCUT2D eigenvalue weighted by atomic mass is 19.1. The molecule has 2 atom stereocenters. The van der Waals surface area contributed by atoms with Gasteiger partial charge in [-0.05, 0) is 51.4 Å². The second-order valence-corrected chi connectivity index (χ2v) is 9.83. The number of imidazole rings is 1. The van der Waals surface area contributed by atoms with Crippen LogP contribution >= 0.6 is 0 Å². The Morgan fingerprint density at radius 1 is 1.19 bits per heavy atom. The number of fused-ring (bicyclic) bond motifs is 3. The monoisotopic (exact) mass is 423 g/mol. The molecule has 31 heavy (non-hydrogen) atoms. The van der Waals surface area contributed by atoms with Crippen LogP contribution in [-0.2, 0) is 9.31 Å². The van der Waals surface area contributed by atoms with Crippen LogP contribution < -0.4 is 5.46 Å². The molecule has 3 aromatic rings. The lowest BCUT2D eigenvalue weighted by atomic mass is 9.78. The standard InChI is InChI=1S/C22H28B2FN3O3/c1-21(2)22(3,4)31-24(30-21)14-7-8-16-13(10-14)6-9-17-19(16)27-20(26-17)18-11-15(25)12-28(18)23(5)29/h6-10,15,18,29H,11-12H2,1-5H3,(H,26,27)/t15-,18+/m1/s1. The maximum atomic E-state index is 14.1. The average Bonchev–Trinajstić information content (AvgIpc) is 3.35. The predicted molar refractivity (Wildman–Crippen MR) is 122 cm³/mol. The molecule has 0 unspecified atom stereocenters. The first-order valence-corrected chi connectivity index (χ1v) is 10.9. The van der Waals surface area contributed by atoms with Crippen LogP contribution in [0.2, 0.25) is 6.82 Å². The number of hydrogen-bond acceptors (Lipinski definition) is 5. The van der Waals surface area contributed by atoms with Gasteiger partial charge in [0.15, 0.2) is 0 Å². The number of nitrogens with one attached hydrogen (secondary N) is 1. The van der Waals surface area contributed by atoms with Crippen molar-refractivity contribution in [3.05, 3.63) is 36.2 Å². The molecule has 2 fully saturated rings. The largest absolute Gasteiger partial charge is 0.494 e. The zero-order chi connectivity index (χ0) is 22.1. The molecule has 2 aromatic carbocycles. The van der Waals surface area contributed by atoms with Gasteiger partial charge >= 0.3 is 14.2 Å². The Bertz CT molecular complexity index is 1130. The lowest BCUT2D eigenvalue weighted by Gasteiger charge is -2.32. The van der Waals surface area contributed by atoms with Crippen LogP contribution in [0.5, 0.6) is 0 Å². The molecular formula is C22H28B2FN3O3. The van der Waals surface area contributed by atoms with Crippen molar-refractivity contribution in [2.75, 3.05) is 6.54 Å². The fourth-order valence-electron chi connectivity index (χ4n) is 4.62. The quantitative estimate of drug-likeness (QED) is 0.634. The van der Waals surface area contributed by atoms with E-state index in [1.807, 2.05) is 45.9 Å². The van der Waals surface area contributed by atoms with E-state index >= 15 is 0 Å². The van der Waals surface area contributed by atoms with Crippen molar-refractivity contribution in [1.82, 2.24) is 14.8 Å². The molecule has 6 nitrogen and oxygen atoms in total. The molecule has 2 aliphatic heterocycles. The molecule has 0 amide bonds. The van der Waals surface area contributed by atoms with E-state index in [1.54, 1.807) is 11.6 Å². The summed E-state index contributed by atoms with van der Waals surface area (Å²) in [5, 5.41) is 12.1. The molecule has 0 aliphatic carbocycles. The molecule has 0 radical (unpaired) electrons. The molecule has 0 bridgehead atoms. The number of benzene rings is 2. The highest BCUT2D eigenvalue weighted by molar-refractivity contribution is 6.62. The Morgan fingerprint density at radius 2 is 1.90 bits per heavy atom. The third-order valence-electron chi connectivity index (χ3n) is 7.13. The number of aromatic amines is 1. The summed E-state index contributed by atoms with van der Waals surface area (Å²) in [6.45, 7) is 10.1. The number of H-pyrrole nitrogens is 1. The van der Waals surface area contributed by atoms with Crippen molar-refractivity contribution in [3.8, 4) is 0 Å². The minimum atomic E-state index is -0.966. The SMILES string of the molecule is CB(O)N1C[C@H](F)C[C@H]1c1nc2ccc3cc(B4OC(C)(C)C(C)(C)O4)ccc3c2[nH]1. The first-order chi connectivity index (χ1) is 14.6. The van der Waals surface area contributed by atoms with Crippen LogP contribution in [0.25, 0.3) is 21.8 Å². The lowest BCUT2D eigenvalue weighted by Crippen LogP contribution is -2.41. The summed E-state index contributed by atoms with van der Waals surface area (Å²) in [6, 6.07) is 9.92. The molecule has 9 heteroatoms. The van der Waals surface area contributed by atoms with Crippen LogP contribution in [0, 0.1) is 0 Å². The maximum absolute atomic E-state index is 14.1. The Hall–Kier alpha value is -1.93. The van der Waals surface area contributed by atoms with Crippen molar-refractivity contribution in [2.24, 2.45) is 0 Å². The van der Waals surface area contributed by atoms with Gasteiger partial charge in [0.1, 0.15) is 12.0 Å². The first-order valence-electron chi connectivity index (χ1n) is 10.9. The molecule has 2 aliphatic rings. The molecular weight excluding hydrogens is 395 g/mol. The molecule has 3 heterocycles. The van der Waals surface area contributed by atoms with Crippen molar-refractivity contribution in [1.29, 1.82) is 0 Å². The Labute approximate surface area is 182 Å². The molecule has 2 N–H and O–H groups in total. The summed E-state index contributed by atoms with van der Waals surface area (Å²) in [5.41, 5.74) is 1.95. The number of hydrogen-bond donors (Lipinski definition) is 2. The van der Waals surface area contributed by atoms with Gasteiger partial charge in [-0.15, -0.1) is 0 Å². The van der Waals surface area contributed by atoms with Gasteiger partial charge in [0.2, 0.25) is 0 Å². The Morgan fingerprint density at radius 3 is 2.58 bits per heavy atom. The van der Waals surface area contributed by atoms with Gasteiger partial charge < -0.3 is 24.1 Å². The minimum Gasteiger partial charge on any atom is -0.437 e. The van der Waals surface area contributed by atoms with Crippen LogP contribution in [0.15, 0.2) is 30.3 Å². The van der Waals surface area contributed by atoms with E-state index in [0.717, 1.165) is 27.3 Å². The normalized spacial score (nSPS) is 25.7. The lowest BCUT2D eigenvalue weighted by molar-refractivity contribution is 0.00578. The summed E-state index contributed by atoms with van der Waals surface area (Å²) in [6.07, 6.45) is -0.638. The number of aromatic nitrogens is 2. The van der Waals surface area contributed by atoms with Gasteiger partial charge in [0.25, 0.3) is 0 Å². The molecule has 2 saturated heterocycles. The second-order valence-electron chi connectivity index (χ2n) is 9.83. The Kier molecular flexibility index (Phi) is 4.75. The molecule has 1 aromatic heterocycles. The number of halogens is 1. The van der Waals surface area contributed by atoms with E-state index in [0.29, 0.717) is 12.2 Å². The van der Waals surface area contributed by atoms with Crippen LogP contribution in [0.4, 0.5) is 4.39 Å². The Balaban J connectivity index is 1.51. The third kappa shape index (κ3) is 3.39. The molecule has 5 rings (SSSR count). The summed E-state index contributed by atoms with van der Waals surface area (Å²) < 4.78 is 26.5. The summed E-state index contributed by atoms with van der Waals surface area (Å²) in [4.78, 5) is 9.88. The van der Waals surface area contributed by atoms with Crippen LogP contribution in [-0.4, -0.2) is 57.9 Å². The molecule has 0 saturated carbocycles. The van der Waals surface area contributed by atoms with E-state index in [4.69, 9.17) is 14.3 Å². The van der Waals surface area contributed by atoms with Gasteiger partial charge in [0.05, 0.1) is 28.3 Å². The zero-order valence-electron chi connectivity index (χ0n) is 18.6. The first kappa shape index (κ1) is 20.9. The second kappa shape index (κ2) is 7.04. The van der Waals surface area contributed by atoms with E-state index < -0.39 is 20.3 Å². The summed E-state index contributed by atoms with van der Waals surface area (Å²) >= 11 is 0. The van der Waals surface area contributed by atoms with Crippen molar-refractivity contribution >= 4 is 41.4 Å². The predicted octanol–water partition coefficient (Wildman–Crippen LogP) is 3.21. The van der Waals surface area contributed by atoms with E-state index in [2.05, 4.69) is 17.1 Å². The molecule has 0 spiro atoms. The highest BCUT2D eigenvalue weighted by Crippen LogP contribution is 2.37. The van der Waals surface area contributed by atoms with Gasteiger partial charge in [-0.2, -0.15) is 0 Å². The maximum Gasteiger partial charge on any atom is 0.494 e. The average molecular weight is 423 g/mol.